The third-order valence-corrected chi connectivity index (χ3v) is 7.17. The van der Waals surface area contributed by atoms with E-state index in [0.29, 0.717) is 33.9 Å². The van der Waals surface area contributed by atoms with E-state index in [1.807, 2.05) is 55.5 Å². The average molecular weight is 488 g/mol. The van der Waals surface area contributed by atoms with Crippen molar-refractivity contribution in [2.45, 2.75) is 24.8 Å². The van der Waals surface area contributed by atoms with E-state index in [4.69, 9.17) is 28.2 Å². The zero-order valence-electron chi connectivity index (χ0n) is 16.7. The van der Waals surface area contributed by atoms with Crippen molar-refractivity contribution in [3.05, 3.63) is 82.1 Å². The van der Waals surface area contributed by atoms with E-state index in [1.165, 1.54) is 11.3 Å². The van der Waals surface area contributed by atoms with E-state index in [1.54, 1.807) is 29.1 Å². The lowest BCUT2D eigenvalue weighted by Gasteiger charge is -2.20. The number of amides is 1. The van der Waals surface area contributed by atoms with Crippen LogP contribution in [0.1, 0.15) is 17.5 Å². The number of thiazole rings is 1. The molecule has 0 bridgehead atoms. The molecule has 0 saturated heterocycles. The van der Waals surface area contributed by atoms with Crippen molar-refractivity contribution in [2.75, 3.05) is 10.7 Å². The minimum absolute atomic E-state index is 0.0288. The van der Waals surface area contributed by atoms with Gasteiger partial charge in [0, 0.05) is 39.5 Å². The number of pyridine rings is 1. The molecule has 4 rings (SSSR count). The van der Waals surface area contributed by atoms with Crippen molar-refractivity contribution in [2.24, 2.45) is 0 Å². The topological polar surface area (TPSA) is 46.1 Å². The third kappa shape index (κ3) is 5.57. The highest BCUT2D eigenvalue weighted by molar-refractivity contribution is 7.99. The van der Waals surface area contributed by atoms with E-state index in [-0.39, 0.29) is 5.91 Å². The average Bonchev–Trinajstić information content (AvgIpc) is 3.18. The van der Waals surface area contributed by atoms with Crippen molar-refractivity contribution < 1.29 is 4.79 Å². The van der Waals surface area contributed by atoms with Crippen LogP contribution in [0.25, 0.3) is 10.2 Å². The van der Waals surface area contributed by atoms with E-state index >= 15 is 0 Å². The van der Waals surface area contributed by atoms with Crippen LogP contribution in [0.4, 0.5) is 5.13 Å². The van der Waals surface area contributed by atoms with E-state index in [9.17, 15) is 4.79 Å². The largest absolute Gasteiger partial charge is 0.284 e. The van der Waals surface area contributed by atoms with Gasteiger partial charge in [0.1, 0.15) is 0 Å². The van der Waals surface area contributed by atoms with Crippen LogP contribution in [0, 0.1) is 6.92 Å². The molecule has 4 nitrogen and oxygen atoms in total. The Morgan fingerprint density at radius 1 is 1.06 bits per heavy atom. The van der Waals surface area contributed by atoms with Crippen LogP contribution in [-0.2, 0) is 11.3 Å². The Hall–Kier alpha value is -2.12. The number of halogens is 2. The van der Waals surface area contributed by atoms with Crippen LogP contribution in [-0.4, -0.2) is 21.6 Å². The van der Waals surface area contributed by atoms with Gasteiger partial charge in [0.15, 0.2) is 5.13 Å². The summed E-state index contributed by atoms with van der Waals surface area (Å²) in [5, 5.41) is 2.06. The molecular formula is C23H19Cl2N3OS2. The first-order valence-corrected chi connectivity index (χ1v) is 12.2. The second-order valence-electron chi connectivity index (χ2n) is 6.95. The Morgan fingerprint density at radius 2 is 1.81 bits per heavy atom. The fourth-order valence-electron chi connectivity index (χ4n) is 3.11. The summed E-state index contributed by atoms with van der Waals surface area (Å²) in [6, 6.07) is 15.3. The Labute approximate surface area is 199 Å². The predicted octanol–water partition coefficient (Wildman–Crippen LogP) is 7.02. The molecule has 2 heterocycles. The number of nitrogens with zero attached hydrogens (tertiary/aromatic N) is 3. The molecule has 0 saturated carbocycles. The fraction of sp³-hybridized carbons (Fsp3) is 0.174. The number of hydrogen-bond acceptors (Lipinski definition) is 5. The van der Waals surface area contributed by atoms with Gasteiger partial charge in [-0.1, -0.05) is 34.5 Å². The lowest BCUT2D eigenvalue weighted by Crippen LogP contribution is -2.30. The number of aromatic nitrogens is 2. The lowest BCUT2D eigenvalue weighted by molar-refractivity contribution is -0.118. The molecule has 0 aliphatic carbocycles. The number of thioether (sulfide) groups is 1. The molecule has 0 fully saturated rings. The van der Waals surface area contributed by atoms with Crippen molar-refractivity contribution in [1.29, 1.82) is 0 Å². The molecule has 31 heavy (non-hydrogen) atoms. The second kappa shape index (κ2) is 10.0. The summed E-state index contributed by atoms with van der Waals surface area (Å²) in [7, 11) is 0. The summed E-state index contributed by atoms with van der Waals surface area (Å²) in [6.07, 6.45) is 3.86. The molecule has 0 radical (unpaired) electrons. The normalized spacial score (nSPS) is 11.1. The number of benzene rings is 2. The van der Waals surface area contributed by atoms with Crippen molar-refractivity contribution in [3.63, 3.8) is 0 Å². The summed E-state index contributed by atoms with van der Waals surface area (Å²) in [5.74, 6) is 0.698. The zero-order valence-corrected chi connectivity index (χ0v) is 19.9. The molecule has 2 aromatic heterocycles. The maximum absolute atomic E-state index is 13.2. The molecule has 0 unspecified atom stereocenters. The molecule has 0 atom stereocenters. The number of carbonyl (C=O) groups is 1. The molecular weight excluding hydrogens is 469 g/mol. The Morgan fingerprint density at radius 3 is 2.55 bits per heavy atom. The summed E-state index contributed by atoms with van der Waals surface area (Å²) in [6.45, 7) is 2.43. The predicted molar refractivity (Wildman–Crippen MR) is 132 cm³/mol. The van der Waals surface area contributed by atoms with Gasteiger partial charge in [-0.15, -0.1) is 11.8 Å². The summed E-state index contributed by atoms with van der Waals surface area (Å²) in [4.78, 5) is 24.9. The number of carbonyl (C=O) groups excluding carboxylic acids is 1. The van der Waals surface area contributed by atoms with Gasteiger partial charge in [-0.3, -0.25) is 14.7 Å². The van der Waals surface area contributed by atoms with Crippen LogP contribution >= 0.6 is 46.3 Å². The lowest BCUT2D eigenvalue weighted by atomic mass is 10.2. The number of anilines is 1. The first kappa shape index (κ1) is 22.1. The Balaban J connectivity index is 1.55. The van der Waals surface area contributed by atoms with Gasteiger partial charge in [0.25, 0.3) is 0 Å². The van der Waals surface area contributed by atoms with Gasteiger partial charge in [-0.05, 0) is 66.6 Å². The molecule has 8 heteroatoms. The number of hydrogen-bond donors (Lipinski definition) is 0. The second-order valence-corrected chi connectivity index (χ2v) is 10.0. The highest BCUT2D eigenvalue weighted by atomic mass is 35.5. The smallest absolute Gasteiger partial charge is 0.229 e. The molecule has 0 aliphatic rings. The molecule has 0 aliphatic heterocycles. The van der Waals surface area contributed by atoms with Gasteiger partial charge >= 0.3 is 0 Å². The molecule has 0 N–H and O–H groups in total. The minimum Gasteiger partial charge on any atom is -0.284 e. The number of aryl methyl sites for hydroxylation is 1. The highest BCUT2D eigenvalue weighted by Crippen LogP contribution is 2.34. The fourth-order valence-corrected chi connectivity index (χ4v) is 5.52. The van der Waals surface area contributed by atoms with E-state index in [2.05, 4.69) is 4.98 Å². The van der Waals surface area contributed by atoms with E-state index in [0.717, 1.165) is 26.2 Å². The van der Waals surface area contributed by atoms with Gasteiger partial charge in [-0.2, -0.15) is 0 Å². The van der Waals surface area contributed by atoms with Gasteiger partial charge < -0.3 is 0 Å². The minimum atomic E-state index is 0.0288. The number of fused-ring (bicyclic) bond motifs is 1. The van der Waals surface area contributed by atoms with Crippen molar-refractivity contribution in [3.8, 4) is 0 Å². The number of rotatable bonds is 7. The van der Waals surface area contributed by atoms with Crippen LogP contribution in [0.5, 0.6) is 0 Å². The van der Waals surface area contributed by atoms with Gasteiger partial charge in [-0.25, -0.2) is 4.98 Å². The van der Waals surface area contributed by atoms with Crippen LogP contribution in [0.3, 0.4) is 0 Å². The monoisotopic (exact) mass is 487 g/mol. The first-order valence-electron chi connectivity index (χ1n) is 9.64. The van der Waals surface area contributed by atoms with Gasteiger partial charge in [0.2, 0.25) is 5.91 Å². The van der Waals surface area contributed by atoms with Crippen LogP contribution in [0.15, 0.2) is 65.8 Å². The maximum atomic E-state index is 13.2. The quantitative estimate of drug-likeness (QED) is 0.262. The van der Waals surface area contributed by atoms with Gasteiger partial charge in [0.05, 0.1) is 16.8 Å². The Bertz CT molecular complexity index is 1200. The van der Waals surface area contributed by atoms with Crippen molar-refractivity contribution in [1.82, 2.24) is 9.97 Å². The molecule has 2 aromatic carbocycles. The SMILES string of the molecule is Cc1cc(Cl)cc2sc(N(Cc3ccncc3)C(=O)CCSc3ccc(Cl)cc3)nc12. The first-order chi connectivity index (χ1) is 15.0. The Kier molecular flexibility index (Phi) is 7.13. The molecule has 158 valence electrons. The zero-order chi connectivity index (χ0) is 21.8. The maximum Gasteiger partial charge on any atom is 0.229 e. The standard InChI is InChI=1S/C23H19Cl2N3OS2/c1-15-12-18(25)13-20-22(15)27-23(31-20)28(14-16-6-9-26-10-7-16)21(29)8-11-30-19-4-2-17(24)3-5-19/h2-7,9-10,12-13H,8,11,14H2,1H3. The van der Waals surface area contributed by atoms with Crippen LogP contribution in [0.2, 0.25) is 10.0 Å². The van der Waals surface area contributed by atoms with Crippen molar-refractivity contribution >= 4 is 67.6 Å². The van der Waals surface area contributed by atoms with E-state index < -0.39 is 0 Å². The molecule has 1 amide bonds. The van der Waals surface area contributed by atoms with Crippen LogP contribution < -0.4 is 4.90 Å². The third-order valence-electron chi connectivity index (χ3n) is 4.66. The summed E-state index contributed by atoms with van der Waals surface area (Å²) in [5.41, 5.74) is 2.88. The summed E-state index contributed by atoms with van der Waals surface area (Å²) < 4.78 is 0.975. The molecule has 4 aromatic rings. The highest BCUT2D eigenvalue weighted by Gasteiger charge is 2.21. The molecule has 0 spiro atoms. The summed E-state index contributed by atoms with van der Waals surface area (Å²) >= 11 is 15.3.